The predicted octanol–water partition coefficient (Wildman–Crippen LogP) is 0.568. The number of nitrogens with one attached hydrogen (secondary N) is 1. The van der Waals surface area contributed by atoms with Gasteiger partial charge in [0.05, 0.1) is 19.0 Å². The molecule has 16 heavy (non-hydrogen) atoms. The van der Waals surface area contributed by atoms with E-state index >= 15 is 0 Å². The van der Waals surface area contributed by atoms with Crippen LogP contribution in [-0.2, 0) is 4.74 Å². The summed E-state index contributed by atoms with van der Waals surface area (Å²) in [5, 5.41) is 0. The normalized spacial score (nSPS) is 17.1. The number of hydrogen-bond acceptors (Lipinski definition) is 6. The van der Waals surface area contributed by atoms with Crippen molar-refractivity contribution in [3.63, 3.8) is 0 Å². The van der Waals surface area contributed by atoms with Crippen LogP contribution in [0, 0.1) is 5.92 Å². The smallest absolute Gasteiger partial charge is 0.234 e. The number of aromatic nitrogens is 2. The molecule has 0 aliphatic carbocycles. The topological polar surface area (TPSA) is 82.3 Å². The Bertz CT molecular complexity index is 328. The van der Waals surface area contributed by atoms with E-state index in [-0.39, 0.29) is 0 Å². The monoisotopic (exact) mass is 224 g/mol. The van der Waals surface area contributed by atoms with Crippen LogP contribution < -0.4 is 16.0 Å². The molecule has 0 radical (unpaired) electrons. The van der Waals surface area contributed by atoms with Gasteiger partial charge in [-0.3, -0.25) is 4.98 Å². The van der Waals surface area contributed by atoms with E-state index in [4.69, 9.17) is 15.3 Å². The van der Waals surface area contributed by atoms with Crippen LogP contribution in [0.1, 0.15) is 12.8 Å². The highest BCUT2D eigenvalue weighted by Gasteiger charge is 2.14. The second kappa shape index (κ2) is 5.62. The first-order chi connectivity index (χ1) is 7.88. The molecule has 0 spiro atoms. The van der Waals surface area contributed by atoms with Gasteiger partial charge >= 0.3 is 0 Å². The molecule has 2 rings (SSSR count). The highest BCUT2D eigenvalue weighted by atomic mass is 16.5. The van der Waals surface area contributed by atoms with Gasteiger partial charge in [-0.25, -0.2) is 5.84 Å². The SMILES string of the molecule is NNc1cncc(OCC2CCOCC2)n1. The van der Waals surface area contributed by atoms with Crippen molar-refractivity contribution >= 4 is 5.82 Å². The zero-order chi connectivity index (χ0) is 11.2. The zero-order valence-electron chi connectivity index (χ0n) is 9.06. The van der Waals surface area contributed by atoms with E-state index in [0.717, 1.165) is 26.1 Å². The highest BCUT2D eigenvalue weighted by molar-refractivity contribution is 5.31. The fourth-order valence-electron chi connectivity index (χ4n) is 1.60. The van der Waals surface area contributed by atoms with Gasteiger partial charge < -0.3 is 14.9 Å². The summed E-state index contributed by atoms with van der Waals surface area (Å²) in [6.45, 7) is 2.31. The van der Waals surface area contributed by atoms with Crippen LogP contribution in [-0.4, -0.2) is 29.8 Å². The summed E-state index contributed by atoms with van der Waals surface area (Å²) < 4.78 is 10.8. The van der Waals surface area contributed by atoms with Gasteiger partial charge in [0.1, 0.15) is 0 Å². The Kier molecular flexibility index (Phi) is 3.90. The number of hydrogen-bond donors (Lipinski definition) is 2. The molecule has 0 aromatic carbocycles. The molecule has 0 saturated carbocycles. The van der Waals surface area contributed by atoms with Crippen LogP contribution in [0.3, 0.4) is 0 Å². The van der Waals surface area contributed by atoms with Crippen LogP contribution in [0.5, 0.6) is 5.88 Å². The van der Waals surface area contributed by atoms with Crippen molar-refractivity contribution in [3.05, 3.63) is 12.4 Å². The van der Waals surface area contributed by atoms with Crippen LogP contribution in [0.15, 0.2) is 12.4 Å². The largest absolute Gasteiger partial charge is 0.476 e. The molecule has 1 aliphatic rings. The van der Waals surface area contributed by atoms with Gasteiger partial charge in [0.15, 0.2) is 5.82 Å². The minimum Gasteiger partial charge on any atom is -0.476 e. The van der Waals surface area contributed by atoms with Crippen molar-refractivity contribution in [2.45, 2.75) is 12.8 Å². The third-order valence-electron chi connectivity index (χ3n) is 2.57. The third-order valence-corrected chi connectivity index (χ3v) is 2.57. The number of rotatable bonds is 4. The summed E-state index contributed by atoms with van der Waals surface area (Å²) in [5.41, 5.74) is 2.43. The average molecular weight is 224 g/mol. The van der Waals surface area contributed by atoms with Gasteiger partial charge in [-0.05, 0) is 18.8 Å². The summed E-state index contributed by atoms with van der Waals surface area (Å²) in [4.78, 5) is 8.09. The summed E-state index contributed by atoms with van der Waals surface area (Å²) in [6.07, 6.45) is 5.21. The van der Waals surface area contributed by atoms with Crippen molar-refractivity contribution in [1.29, 1.82) is 0 Å². The van der Waals surface area contributed by atoms with Crippen molar-refractivity contribution in [2.24, 2.45) is 11.8 Å². The Hall–Kier alpha value is -1.40. The van der Waals surface area contributed by atoms with Crippen LogP contribution in [0.25, 0.3) is 0 Å². The molecular weight excluding hydrogens is 208 g/mol. The van der Waals surface area contributed by atoms with E-state index in [9.17, 15) is 0 Å². The summed E-state index contributed by atoms with van der Waals surface area (Å²) in [5.74, 6) is 6.79. The number of nitrogens with zero attached hydrogens (tertiary/aromatic N) is 2. The maximum absolute atomic E-state index is 5.56. The van der Waals surface area contributed by atoms with Gasteiger partial charge in [0.2, 0.25) is 5.88 Å². The summed E-state index contributed by atoms with van der Waals surface area (Å²) in [7, 11) is 0. The first kappa shape index (κ1) is 11.1. The molecule has 1 aromatic heterocycles. The van der Waals surface area contributed by atoms with E-state index in [1.165, 1.54) is 0 Å². The molecule has 3 N–H and O–H groups in total. The van der Waals surface area contributed by atoms with E-state index < -0.39 is 0 Å². The molecule has 0 atom stereocenters. The number of nitrogens with two attached hydrogens (primary N) is 1. The molecule has 88 valence electrons. The first-order valence-electron chi connectivity index (χ1n) is 5.37. The first-order valence-corrected chi connectivity index (χ1v) is 5.37. The minimum absolute atomic E-state index is 0.502. The average Bonchev–Trinajstić information content (AvgIpc) is 2.38. The molecule has 1 aliphatic heterocycles. The molecule has 0 amide bonds. The summed E-state index contributed by atoms with van der Waals surface area (Å²) >= 11 is 0. The number of nitrogen functional groups attached to an aromatic ring is 1. The Labute approximate surface area is 94.1 Å². The van der Waals surface area contributed by atoms with Crippen LogP contribution in [0.2, 0.25) is 0 Å². The van der Waals surface area contributed by atoms with E-state index in [1.807, 2.05) is 0 Å². The maximum Gasteiger partial charge on any atom is 0.234 e. The number of hydrazine groups is 1. The van der Waals surface area contributed by atoms with E-state index in [1.54, 1.807) is 12.4 Å². The van der Waals surface area contributed by atoms with Crippen molar-refractivity contribution < 1.29 is 9.47 Å². The van der Waals surface area contributed by atoms with Gasteiger partial charge in [0, 0.05) is 13.2 Å². The zero-order valence-corrected chi connectivity index (χ0v) is 9.06. The maximum atomic E-state index is 5.56. The van der Waals surface area contributed by atoms with Gasteiger partial charge in [0.25, 0.3) is 0 Å². The lowest BCUT2D eigenvalue weighted by Crippen LogP contribution is -2.21. The van der Waals surface area contributed by atoms with Gasteiger partial charge in [-0.2, -0.15) is 4.98 Å². The molecule has 2 heterocycles. The minimum atomic E-state index is 0.502. The molecule has 0 unspecified atom stereocenters. The van der Waals surface area contributed by atoms with Crippen LogP contribution in [0.4, 0.5) is 5.82 Å². The third kappa shape index (κ3) is 3.04. The quantitative estimate of drug-likeness (QED) is 0.574. The second-order valence-corrected chi connectivity index (χ2v) is 3.75. The van der Waals surface area contributed by atoms with Crippen molar-refractivity contribution in [1.82, 2.24) is 9.97 Å². The molecule has 0 bridgehead atoms. The molecule has 6 heteroatoms. The highest BCUT2D eigenvalue weighted by Crippen LogP contribution is 2.16. The molecule has 6 nitrogen and oxygen atoms in total. The lowest BCUT2D eigenvalue weighted by Gasteiger charge is -2.21. The molecule has 1 aromatic rings. The van der Waals surface area contributed by atoms with Gasteiger partial charge in [-0.1, -0.05) is 0 Å². The fourth-order valence-corrected chi connectivity index (χ4v) is 1.60. The lowest BCUT2D eigenvalue weighted by molar-refractivity contribution is 0.0490. The Morgan fingerprint density at radius 2 is 2.25 bits per heavy atom. The second-order valence-electron chi connectivity index (χ2n) is 3.75. The summed E-state index contributed by atoms with van der Waals surface area (Å²) in [6, 6.07) is 0. The van der Waals surface area contributed by atoms with E-state index in [0.29, 0.717) is 24.2 Å². The Morgan fingerprint density at radius 1 is 1.44 bits per heavy atom. The van der Waals surface area contributed by atoms with Crippen LogP contribution >= 0.6 is 0 Å². The Balaban J connectivity index is 1.83. The number of anilines is 1. The number of ether oxygens (including phenoxy) is 2. The van der Waals surface area contributed by atoms with E-state index in [2.05, 4.69) is 15.4 Å². The van der Waals surface area contributed by atoms with Crippen molar-refractivity contribution in [2.75, 3.05) is 25.2 Å². The van der Waals surface area contributed by atoms with Crippen molar-refractivity contribution in [3.8, 4) is 5.88 Å². The fraction of sp³-hybridized carbons (Fsp3) is 0.600. The lowest BCUT2D eigenvalue weighted by atomic mass is 10.0. The molecular formula is C10H16N4O2. The molecule has 1 fully saturated rings. The standard InChI is InChI=1S/C10H16N4O2/c11-14-9-5-12-6-10(13-9)16-7-8-1-3-15-4-2-8/h5-6,8H,1-4,7,11H2,(H,13,14). The Morgan fingerprint density at radius 3 is 3.00 bits per heavy atom. The molecule has 1 saturated heterocycles. The predicted molar refractivity (Wildman–Crippen MR) is 58.9 cm³/mol. The van der Waals surface area contributed by atoms with Gasteiger partial charge in [-0.15, -0.1) is 0 Å².